The summed E-state index contributed by atoms with van der Waals surface area (Å²) in [6, 6.07) is 7.53. The van der Waals surface area contributed by atoms with Gasteiger partial charge in [0, 0.05) is 33.1 Å². The van der Waals surface area contributed by atoms with Crippen LogP contribution in [-0.2, 0) is 9.59 Å². The van der Waals surface area contributed by atoms with Crippen molar-refractivity contribution in [1.82, 2.24) is 15.1 Å². The number of hydrogen-bond donors (Lipinski definition) is 1. The van der Waals surface area contributed by atoms with Crippen LogP contribution < -0.4 is 14.8 Å². The molecule has 0 aliphatic carbocycles. The van der Waals surface area contributed by atoms with Gasteiger partial charge in [0.1, 0.15) is 12.7 Å². The topological polar surface area (TPSA) is 71.1 Å². The van der Waals surface area contributed by atoms with Gasteiger partial charge in [-0.3, -0.25) is 14.5 Å². The third kappa shape index (κ3) is 4.85. The van der Waals surface area contributed by atoms with Crippen molar-refractivity contribution in [3.63, 3.8) is 0 Å². The smallest absolute Gasteiger partial charge is 0.234 e. The van der Waals surface area contributed by atoms with Crippen LogP contribution >= 0.6 is 0 Å². The van der Waals surface area contributed by atoms with Gasteiger partial charge in [0.15, 0.2) is 11.5 Å². The molecular formula is C18H25N3O4. The minimum atomic E-state index is -0.184. The average molecular weight is 347 g/mol. The molecule has 136 valence electrons. The minimum Gasteiger partial charge on any atom is -0.486 e. The Balaban J connectivity index is 1.41. The van der Waals surface area contributed by atoms with Crippen LogP contribution in [0.1, 0.15) is 13.3 Å². The second-order valence-electron chi connectivity index (χ2n) is 6.44. The fraction of sp³-hybridized carbons (Fsp3) is 0.556. The fourth-order valence-corrected chi connectivity index (χ4v) is 3.09. The van der Waals surface area contributed by atoms with E-state index in [1.807, 2.05) is 29.2 Å². The maximum absolute atomic E-state index is 12.2. The van der Waals surface area contributed by atoms with E-state index >= 15 is 0 Å². The maximum Gasteiger partial charge on any atom is 0.234 e. The van der Waals surface area contributed by atoms with Crippen LogP contribution in [0.2, 0.25) is 0 Å². The second-order valence-corrected chi connectivity index (χ2v) is 6.44. The number of fused-ring (bicyclic) bond motifs is 1. The summed E-state index contributed by atoms with van der Waals surface area (Å²) in [6.45, 7) is 5.77. The molecule has 2 aliphatic rings. The summed E-state index contributed by atoms with van der Waals surface area (Å²) in [4.78, 5) is 27.6. The molecule has 2 amide bonds. The number of nitrogens with one attached hydrogen (secondary N) is 1. The second kappa shape index (κ2) is 8.20. The van der Waals surface area contributed by atoms with Crippen LogP contribution in [0.5, 0.6) is 11.5 Å². The predicted molar refractivity (Wildman–Crippen MR) is 92.7 cm³/mol. The van der Waals surface area contributed by atoms with Crippen LogP contribution in [0.4, 0.5) is 0 Å². The van der Waals surface area contributed by atoms with Crippen LogP contribution in [-0.4, -0.2) is 73.6 Å². The summed E-state index contributed by atoms with van der Waals surface area (Å²) < 4.78 is 11.5. The summed E-state index contributed by atoms with van der Waals surface area (Å²) in [6.07, 6.45) is 0.708. The zero-order valence-electron chi connectivity index (χ0n) is 14.6. The lowest BCUT2D eigenvalue weighted by Crippen LogP contribution is -2.45. The van der Waals surface area contributed by atoms with Crippen molar-refractivity contribution in [2.24, 2.45) is 0 Å². The minimum absolute atomic E-state index is 0.0290. The fourth-order valence-electron chi connectivity index (χ4n) is 3.09. The van der Waals surface area contributed by atoms with Gasteiger partial charge in [0.25, 0.3) is 0 Å². The summed E-state index contributed by atoms with van der Waals surface area (Å²) in [5.74, 6) is 1.52. The van der Waals surface area contributed by atoms with Crippen molar-refractivity contribution in [1.29, 1.82) is 0 Å². The van der Waals surface area contributed by atoms with Gasteiger partial charge >= 0.3 is 0 Å². The number of ether oxygens (including phenoxy) is 2. The van der Waals surface area contributed by atoms with E-state index in [0.717, 1.165) is 31.8 Å². The Morgan fingerprint density at radius 1 is 1.16 bits per heavy atom. The number of hydrogen-bond acceptors (Lipinski definition) is 5. The largest absolute Gasteiger partial charge is 0.486 e. The van der Waals surface area contributed by atoms with E-state index in [1.54, 1.807) is 6.92 Å². The summed E-state index contributed by atoms with van der Waals surface area (Å²) in [5, 5.41) is 2.92. The van der Waals surface area contributed by atoms with Gasteiger partial charge in [-0.05, 0) is 18.6 Å². The molecule has 25 heavy (non-hydrogen) atoms. The first kappa shape index (κ1) is 17.5. The van der Waals surface area contributed by atoms with E-state index in [1.165, 1.54) is 0 Å². The Bertz CT molecular complexity index is 622. The number of nitrogens with zero attached hydrogens (tertiary/aromatic N) is 2. The van der Waals surface area contributed by atoms with Crippen LogP contribution in [0.25, 0.3) is 0 Å². The zero-order chi connectivity index (χ0) is 17.6. The highest BCUT2D eigenvalue weighted by molar-refractivity contribution is 5.78. The molecule has 7 heteroatoms. The van der Waals surface area contributed by atoms with Crippen molar-refractivity contribution < 1.29 is 19.1 Å². The first-order chi connectivity index (χ1) is 12.1. The third-order valence-electron chi connectivity index (χ3n) is 4.50. The molecule has 3 rings (SSSR count). The molecular weight excluding hydrogens is 322 g/mol. The number of para-hydroxylation sites is 2. The van der Waals surface area contributed by atoms with E-state index in [9.17, 15) is 9.59 Å². The molecule has 1 aromatic carbocycles. The van der Waals surface area contributed by atoms with Gasteiger partial charge in [0.05, 0.1) is 13.1 Å². The number of benzene rings is 1. The number of carbonyl (C=O) groups excluding carboxylic acids is 2. The maximum atomic E-state index is 12.2. The van der Waals surface area contributed by atoms with Gasteiger partial charge < -0.3 is 19.7 Å². The number of carbonyl (C=O) groups is 2. The highest BCUT2D eigenvalue weighted by atomic mass is 16.6. The van der Waals surface area contributed by atoms with Crippen molar-refractivity contribution >= 4 is 11.8 Å². The van der Waals surface area contributed by atoms with E-state index in [0.29, 0.717) is 32.0 Å². The van der Waals surface area contributed by atoms with Gasteiger partial charge in [-0.2, -0.15) is 0 Å². The lowest BCUT2D eigenvalue weighted by Gasteiger charge is -2.27. The first-order valence-electron chi connectivity index (χ1n) is 8.75. The quantitative estimate of drug-likeness (QED) is 0.859. The third-order valence-corrected chi connectivity index (χ3v) is 4.50. The summed E-state index contributed by atoms with van der Waals surface area (Å²) >= 11 is 0. The molecule has 1 atom stereocenters. The van der Waals surface area contributed by atoms with E-state index in [2.05, 4.69) is 10.2 Å². The van der Waals surface area contributed by atoms with Gasteiger partial charge in [0.2, 0.25) is 11.8 Å². The molecule has 0 spiro atoms. The van der Waals surface area contributed by atoms with E-state index in [-0.39, 0.29) is 17.9 Å². The molecule has 1 saturated heterocycles. The van der Waals surface area contributed by atoms with Crippen LogP contribution in [0.15, 0.2) is 24.3 Å². The Labute approximate surface area is 147 Å². The predicted octanol–water partition coefficient (Wildman–Crippen LogP) is 0.497. The van der Waals surface area contributed by atoms with Crippen molar-refractivity contribution in [3.05, 3.63) is 24.3 Å². The highest BCUT2D eigenvalue weighted by Gasteiger charge is 2.22. The van der Waals surface area contributed by atoms with E-state index in [4.69, 9.17) is 9.47 Å². The lowest BCUT2D eigenvalue weighted by atomic mass is 10.2. The summed E-state index contributed by atoms with van der Waals surface area (Å²) in [7, 11) is 0. The normalized spacial score (nSPS) is 20.7. The van der Waals surface area contributed by atoms with Crippen LogP contribution in [0, 0.1) is 0 Å². The Morgan fingerprint density at radius 2 is 1.96 bits per heavy atom. The van der Waals surface area contributed by atoms with Crippen molar-refractivity contribution in [2.75, 3.05) is 45.9 Å². The van der Waals surface area contributed by atoms with Crippen molar-refractivity contribution in [3.8, 4) is 11.5 Å². The first-order valence-corrected chi connectivity index (χ1v) is 8.75. The Hall–Kier alpha value is -2.28. The molecule has 1 unspecified atom stereocenters. The summed E-state index contributed by atoms with van der Waals surface area (Å²) in [5.41, 5.74) is 0. The molecule has 1 N–H and O–H groups in total. The number of rotatable bonds is 4. The van der Waals surface area contributed by atoms with Gasteiger partial charge in [-0.1, -0.05) is 12.1 Å². The SMILES string of the molecule is CC(=O)N1CCCN(CC(=O)NCC2COc3ccccc3O2)CC1. The molecule has 1 fully saturated rings. The average Bonchev–Trinajstić information content (AvgIpc) is 2.85. The highest BCUT2D eigenvalue weighted by Crippen LogP contribution is 2.30. The van der Waals surface area contributed by atoms with Crippen molar-refractivity contribution in [2.45, 2.75) is 19.4 Å². The van der Waals surface area contributed by atoms with Gasteiger partial charge in [-0.25, -0.2) is 0 Å². The Kier molecular flexibility index (Phi) is 5.75. The lowest BCUT2D eigenvalue weighted by molar-refractivity contribution is -0.128. The Morgan fingerprint density at radius 3 is 2.76 bits per heavy atom. The zero-order valence-corrected chi connectivity index (χ0v) is 14.6. The van der Waals surface area contributed by atoms with Gasteiger partial charge in [-0.15, -0.1) is 0 Å². The molecule has 2 heterocycles. The van der Waals surface area contributed by atoms with E-state index < -0.39 is 0 Å². The molecule has 1 aromatic rings. The molecule has 0 bridgehead atoms. The molecule has 2 aliphatic heterocycles. The molecule has 0 aromatic heterocycles. The molecule has 0 radical (unpaired) electrons. The number of amides is 2. The van der Waals surface area contributed by atoms with Crippen LogP contribution in [0.3, 0.4) is 0 Å². The standard InChI is InChI=1S/C18H25N3O4/c1-14(22)21-8-4-7-20(9-10-21)12-18(23)19-11-15-13-24-16-5-2-3-6-17(16)25-15/h2-3,5-6,15H,4,7-13H2,1H3,(H,19,23). The monoisotopic (exact) mass is 347 g/mol. The molecule has 0 saturated carbocycles. The molecule has 7 nitrogen and oxygen atoms in total.